The molecule has 1 aromatic rings. The summed E-state index contributed by atoms with van der Waals surface area (Å²) in [6.07, 6.45) is 0. The second kappa shape index (κ2) is 6.03. The molecule has 1 heterocycles. The van der Waals surface area contributed by atoms with Gasteiger partial charge in [-0.3, -0.25) is 4.79 Å². The maximum absolute atomic E-state index is 11.6. The van der Waals surface area contributed by atoms with Crippen molar-refractivity contribution in [1.29, 1.82) is 0 Å². The lowest BCUT2D eigenvalue weighted by atomic mass is 10.3. The van der Waals surface area contributed by atoms with Gasteiger partial charge in [0.05, 0.1) is 6.61 Å². The number of aliphatic hydroxyl groups excluding tert-OH is 1. The maximum atomic E-state index is 11.6. The molecule has 8 heteroatoms. The van der Waals surface area contributed by atoms with E-state index in [1.807, 2.05) is 0 Å². The molecule has 0 bridgehead atoms. The van der Waals surface area contributed by atoms with Crippen LogP contribution in [0.5, 0.6) is 0 Å². The lowest BCUT2D eigenvalue weighted by Crippen LogP contribution is -2.34. The van der Waals surface area contributed by atoms with Crippen LogP contribution in [0, 0.1) is 0 Å². The average Bonchev–Trinajstić information content (AvgIpc) is 2.69. The summed E-state index contributed by atoms with van der Waals surface area (Å²) >= 11 is 1.20. The third-order valence-corrected chi connectivity index (χ3v) is 2.23. The highest BCUT2D eigenvalue weighted by molar-refractivity contribution is 7.13. The van der Waals surface area contributed by atoms with Gasteiger partial charge in [-0.2, -0.15) is 0 Å². The van der Waals surface area contributed by atoms with Crippen LogP contribution in [-0.2, 0) is 9.63 Å². The van der Waals surface area contributed by atoms with Crippen molar-refractivity contribution in [2.75, 3.05) is 26.0 Å². The number of hydrogen-bond acceptors (Lipinski definition) is 7. The Morgan fingerprint density at radius 3 is 3.06 bits per heavy atom. The molecular formula is C8H12N4O3S. The van der Waals surface area contributed by atoms with Crippen molar-refractivity contribution in [3.8, 4) is 0 Å². The number of oxime groups is 1. The summed E-state index contributed by atoms with van der Waals surface area (Å²) in [4.78, 5) is 20.1. The molecule has 88 valence electrons. The van der Waals surface area contributed by atoms with Crippen molar-refractivity contribution >= 4 is 28.1 Å². The van der Waals surface area contributed by atoms with Gasteiger partial charge in [0, 0.05) is 11.9 Å². The molecule has 0 atom stereocenters. The fourth-order valence-electron chi connectivity index (χ4n) is 0.945. The topological polar surface area (TPSA) is 110 Å². The molecule has 4 N–H and O–H groups in total. The quantitative estimate of drug-likeness (QED) is 0.463. The van der Waals surface area contributed by atoms with Crippen molar-refractivity contribution in [2.24, 2.45) is 5.16 Å². The van der Waals surface area contributed by atoms with Crippen LogP contribution in [0.3, 0.4) is 0 Å². The van der Waals surface area contributed by atoms with Gasteiger partial charge in [-0.1, -0.05) is 5.16 Å². The Balaban J connectivity index is 2.83. The fourth-order valence-corrected chi connectivity index (χ4v) is 1.49. The van der Waals surface area contributed by atoms with Gasteiger partial charge >= 0.3 is 0 Å². The maximum Gasteiger partial charge on any atom is 0.275 e. The normalized spacial score (nSPS) is 11.2. The number of anilines is 1. The van der Waals surface area contributed by atoms with Crippen LogP contribution in [0.1, 0.15) is 5.69 Å². The number of aliphatic hydroxyl groups is 1. The number of nitrogen functional groups attached to an aromatic ring is 1. The lowest BCUT2D eigenvalue weighted by Gasteiger charge is -2.03. The third-order valence-electron chi connectivity index (χ3n) is 1.56. The van der Waals surface area contributed by atoms with Crippen LogP contribution >= 0.6 is 11.3 Å². The number of nitrogens with one attached hydrogen (secondary N) is 1. The van der Waals surface area contributed by atoms with E-state index in [1.54, 1.807) is 5.38 Å². The standard InChI is InChI=1S/C8H12N4O3S/c1-15-12-6(7(14)10-2-3-13)5-4-16-8(9)11-5/h4,13H,2-3H2,1H3,(H2,9,11)(H,10,14)/b12-6-. The van der Waals surface area contributed by atoms with E-state index < -0.39 is 5.91 Å². The zero-order valence-corrected chi connectivity index (χ0v) is 9.45. The number of aromatic nitrogens is 1. The van der Waals surface area contributed by atoms with Gasteiger partial charge in [0.1, 0.15) is 12.8 Å². The summed E-state index contributed by atoms with van der Waals surface area (Å²) in [5.74, 6) is -0.471. The summed E-state index contributed by atoms with van der Waals surface area (Å²) < 4.78 is 0. The molecule has 0 saturated carbocycles. The Labute approximate surface area is 95.9 Å². The number of rotatable bonds is 5. The van der Waals surface area contributed by atoms with Crippen LogP contribution < -0.4 is 11.1 Å². The Morgan fingerprint density at radius 2 is 2.56 bits per heavy atom. The zero-order valence-electron chi connectivity index (χ0n) is 8.64. The van der Waals surface area contributed by atoms with Crippen LogP contribution in [0.2, 0.25) is 0 Å². The summed E-state index contributed by atoms with van der Waals surface area (Å²) in [6, 6.07) is 0. The Hall–Kier alpha value is -1.67. The smallest absolute Gasteiger partial charge is 0.275 e. The van der Waals surface area contributed by atoms with Crippen molar-refractivity contribution in [3.05, 3.63) is 11.1 Å². The molecule has 0 aliphatic carbocycles. The lowest BCUT2D eigenvalue weighted by molar-refractivity contribution is -0.115. The van der Waals surface area contributed by atoms with E-state index in [9.17, 15) is 4.79 Å². The summed E-state index contributed by atoms with van der Waals surface area (Å²) in [5, 5.41) is 16.5. The molecule has 0 saturated heterocycles. The molecule has 1 aromatic heterocycles. The first-order valence-electron chi connectivity index (χ1n) is 4.40. The molecule has 7 nitrogen and oxygen atoms in total. The Kier molecular flexibility index (Phi) is 4.67. The highest BCUT2D eigenvalue weighted by atomic mass is 32.1. The van der Waals surface area contributed by atoms with Gasteiger partial charge in [-0.25, -0.2) is 4.98 Å². The van der Waals surface area contributed by atoms with Gasteiger partial charge in [0.2, 0.25) is 0 Å². The summed E-state index contributed by atoms with van der Waals surface area (Å²) in [6.45, 7) is -0.00755. The molecule has 0 aliphatic rings. The largest absolute Gasteiger partial charge is 0.398 e. The van der Waals surface area contributed by atoms with Gasteiger partial charge < -0.3 is 21.0 Å². The second-order valence-corrected chi connectivity index (χ2v) is 3.56. The van der Waals surface area contributed by atoms with Crippen LogP contribution in [0.4, 0.5) is 5.13 Å². The minimum absolute atomic E-state index is 0.0314. The first-order chi connectivity index (χ1) is 7.69. The molecule has 1 amide bonds. The van der Waals surface area contributed by atoms with E-state index >= 15 is 0 Å². The molecule has 1 rings (SSSR count). The molecule has 0 unspecified atom stereocenters. The molecule has 0 radical (unpaired) electrons. The number of thiazole rings is 1. The van der Waals surface area contributed by atoms with Crippen LogP contribution in [0.15, 0.2) is 10.5 Å². The van der Waals surface area contributed by atoms with Gasteiger partial charge in [-0.15, -0.1) is 11.3 Å². The zero-order chi connectivity index (χ0) is 12.0. The van der Waals surface area contributed by atoms with Crippen molar-refractivity contribution in [3.63, 3.8) is 0 Å². The van der Waals surface area contributed by atoms with Crippen molar-refractivity contribution < 1.29 is 14.7 Å². The summed E-state index contributed by atoms with van der Waals surface area (Å²) in [7, 11) is 1.33. The van der Waals surface area contributed by atoms with E-state index in [2.05, 4.69) is 20.3 Å². The Morgan fingerprint density at radius 1 is 1.81 bits per heavy atom. The highest BCUT2D eigenvalue weighted by Gasteiger charge is 2.17. The molecule has 0 spiro atoms. The number of nitrogens with zero attached hydrogens (tertiary/aromatic N) is 2. The van der Waals surface area contributed by atoms with Crippen LogP contribution in [-0.4, -0.2) is 42.0 Å². The predicted octanol–water partition coefficient (Wildman–Crippen LogP) is -0.816. The average molecular weight is 244 g/mol. The summed E-state index contributed by atoms with van der Waals surface area (Å²) in [5.41, 5.74) is 5.83. The first kappa shape index (κ1) is 12.4. The highest BCUT2D eigenvalue weighted by Crippen LogP contribution is 2.12. The number of carbonyl (C=O) groups excluding carboxylic acids is 1. The van der Waals surface area contributed by atoms with Gasteiger partial charge in [0.15, 0.2) is 10.8 Å². The van der Waals surface area contributed by atoms with E-state index in [-0.39, 0.29) is 18.9 Å². The first-order valence-corrected chi connectivity index (χ1v) is 5.28. The van der Waals surface area contributed by atoms with Crippen molar-refractivity contribution in [2.45, 2.75) is 0 Å². The molecule has 0 fully saturated rings. The van der Waals surface area contributed by atoms with Crippen molar-refractivity contribution in [1.82, 2.24) is 10.3 Å². The van der Waals surface area contributed by atoms with Gasteiger partial charge in [0.25, 0.3) is 5.91 Å². The molecular weight excluding hydrogens is 232 g/mol. The minimum atomic E-state index is -0.471. The van der Waals surface area contributed by atoms with E-state index in [0.717, 1.165) is 0 Å². The number of nitrogens with two attached hydrogens (primary N) is 1. The Bertz CT molecular complexity index is 390. The predicted molar refractivity (Wildman–Crippen MR) is 60.2 cm³/mol. The minimum Gasteiger partial charge on any atom is -0.398 e. The number of carbonyl (C=O) groups is 1. The number of amides is 1. The monoisotopic (exact) mass is 244 g/mol. The van der Waals surface area contributed by atoms with Crippen LogP contribution in [0.25, 0.3) is 0 Å². The third kappa shape index (κ3) is 3.17. The van der Waals surface area contributed by atoms with E-state index in [4.69, 9.17) is 10.8 Å². The fraction of sp³-hybridized carbons (Fsp3) is 0.375. The number of hydrogen-bond donors (Lipinski definition) is 3. The molecule has 16 heavy (non-hydrogen) atoms. The van der Waals surface area contributed by atoms with E-state index in [0.29, 0.717) is 10.8 Å². The SMILES string of the molecule is CO/N=C(\C(=O)NCCO)c1csc(N)n1. The second-order valence-electron chi connectivity index (χ2n) is 2.67. The van der Waals surface area contributed by atoms with Gasteiger partial charge in [-0.05, 0) is 0 Å². The molecule has 0 aromatic carbocycles. The molecule has 0 aliphatic heterocycles. The van der Waals surface area contributed by atoms with E-state index in [1.165, 1.54) is 18.4 Å².